The van der Waals surface area contributed by atoms with E-state index in [9.17, 15) is 8.42 Å². The number of sulfonamides is 1. The summed E-state index contributed by atoms with van der Waals surface area (Å²) in [4.78, 5) is 1.18. The van der Waals surface area contributed by atoms with E-state index in [1.165, 1.54) is 11.3 Å². The first-order chi connectivity index (χ1) is 8.04. The lowest BCUT2D eigenvalue weighted by molar-refractivity contribution is 0.263. The molecule has 0 fully saturated rings. The van der Waals surface area contributed by atoms with E-state index in [1.807, 2.05) is 6.92 Å². The van der Waals surface area contributed by atoms with Gasteiger partial charge in [-0.1, -0.05) is 27.7 Å². The number of rotatable bonds is 4. The third-order valence-corrected chi connectivity index (χ3v) is 6.42. The highest BCUT2D eigenvalue weighted by Gasteiger charge is 2.24. The van der Waals surface area contributed by atoms with Crippen LogP contribution in [-0.4, -0.2) is 15.0 Å². The zero-order chi connectivity index (χ0) is 14.1. The van der Waals surface area contributed by atoms with Crippen LogP contribution in [0.5, 0.6) is 0 Å². The standard InChI is InChI=1S/C12H20BrNO2S2/c1-8(12(3,4)5)7-14-18(15,16)10-6-11(13)17-9(10)2/h6,8,14H,7H2,1-5H3. The maximum atomic E-state index is 12.2. The Balaban J connectivity index is 2.81. The van der Waals surface area contributed by atoms with Gasteiger partial charge < -0.3 is 0 Å². The molecule has 0 aliphatic heterocycles. The van der Waals surface area contributed by atoms with Crippen molar-refractivity contribution in [3.8, 4) is 0 Å². The highest BCUT2D eigenvalue weighted by atomic mass is 79.9. The first-order valence-electron chi connectivity index (χ1n) is 5.79. The molecule has 1 atom stereocenters. The van der Waals surface area contributed by atoms with Crippen LogP contribution in [0, 0.1) is 18.3 Å². The average molecular weight is 354 g/mol. The van der Waals surface area contributed by atoms with E-state index < -0.39 is 10.0 Å². The van der Waals surface area contributed by atoms with Crippen LogP contribution < -0.4 is 4.72 Å². The summed E-state index contributed by atoms with van der Waals surface area (Å²) in [6, 6.07) is 1.66. The molecule has 1 rings (SSSR count). The molecule has 0 saturated carbocycles. The van der Waals surface area contributed by atoms with Gasteiger partial charge in [-0.2, -0.15) is 0 Å². The normalized spacial score (nSPS) is 14.8. The van der Waals surface area contributed by atoms with Crippen molar-refractivity contribution in [2.24, 2.45) is 11.3 Å². The van der Waals surface area contributed by atoms with E-state index in [0.29, 0.717) is 11.4 Å². The summed E-state index contributed by atoms with van der Waals surface area (Å²) in [5, 5.41) is 0. The SMILES string of the molecule is Cc1sc(Br)cc1S(=O)(=O)NCC(C)C(C)(C)C. The molecule has 1 aromatic heterocycles. The topological polar surface area (TPSA) is 46.2 Å². The van der Waals surface area contributed by atoms with E-state index >= 15 is 0 Å². The van der Waals surface area contributed by atoms with Gasteiger partial charge in [0, 0.05) is 11.4 Å². The molecular formula is C12H20BrNO2S2. The van der Waals surface area contributed by atoms with Crippen LogP contribution in [0.15, 0.2) is 14.7 Å². The fraction of sp³-hybridized carbons (Fsp3) is 0.667. The van der Waals surface area contributed by atoms with Crippen LogP contribution in [-0.2, 0) is 10.0 Å². The fourth-order valence-corrected chi connectivity index (χ4v) is 4.86. The molecule has 0 aliphatic rings. The molecule has 0 bridgehead atoms. The van der Waals surface area contributed by atoms with Crippen LogP contribution in [0.3, 0.4) is 0 Å². The van der Waals surface area contributed by atoms with E-state index in [4.69, 9.17) is 0 Å². The van der Waals surface area contributed by atoms with Crippen LogP contribution in [0.4, 0.5) is 0 Å². The van der Waals surface area contributed by atoms with Gasteiger partial charge in [0.05, 0.1) is 8.68 Å². The minimum Gasteiger partial charge on any atom is -0.211 e. The zero-order valence-corrected chi connectivity index (χ0v) is 14.6. The Morgan fingerprint density at radius 3 is 2.39 bits per heavy atom. The maximum absolute atomic E-state index is 12.2. The van der Waals surface area contributed by atoms with Gasteiger partial charge in [-0.15, -0.1) is 11.3 Å². The van der Waals surface area contributed by atoms with E-state index in [1.54, 1.807) is 6.07 Å². The Labute approximate surface area is 122 Å². The number of aryl methyl sites for hydroxylation is 1. The largest absolute Gasteiger partial charge is 0.241 e. The van der Waals surface area contributed by atoms with E-state index in [2.05, 4.69) is 48.3 Å². The highest BCUT2D eigenvalue weighted by Crippen LogP contribution is 2.30. The lowest BCUT2D eigenvalue weighted by atomic mass is 9.82. The van der Waals surface area contributed by atoms with Crippen LogP contribution >= 0.6 is 27.3 Å². The number of hydrogen-bond donors (Lipinski definition) is 1. The van der Waals surface area contributed by atoms with Crippen molar-refractivity contribution < 1.29 is 8.42 Å². The van der Waals surface area contributed by atoms with Crippen molar-refractivity contribution in [3.05, 3.63) is 14.7 Å². The van der Waals surface area contributed by atoms with Gasteiger partial charge in [0.1, 0.15) is 0 Å². The van der Waals surface area contributed by atoms with Gasteiger partial charge in [0.25, 0.3) is 0 Å². The summed E-state index contributed by atoms with van der Waals surface area (Å²) in [5.74, 6) is 0.273. The molecule has 1 unspecified atom stereocenters. The second-order valence-corrected chi connectivity index (χ2v) is 9.96. The molecule has 3 nitrogen and oxygen atoms in total. The number of thiophene rings is 1. The molecule has 0 radical (unpaired) electrons. The van der Waals surface area contributed by atoms with E-state index in [-0.39, 0.29) is 11.3 Å². The van der Waals surface area contributed by atoms with E-state index in [0.717, 1.165) is 8.66 Å². The third-order valence-electron chi connectivity index (χ3n) is 3.19. The first-order valence-corrected chi connectivity index (χ1v) is 8.89. The highest BCUT2D eigenvalue weighted by molar-refractivity contribution is 9.11. The Morgan fingerprint density at radius 2 is 2.00 bits per heavy atom. The minimum atomic E-state index is -3.40. The Kier molecular flexibility index (Phi) is 5.03. The second-order valence-electron chi connectivity index (χ2n) is 5.59. The summed E-state index contributed by atoms with van der Waals surface area (Å²) >= 11 is 4.75. The van der Waals surface area contributed by atoms with Crippen molar-refractivity contribution >= 4 is 37.3 Å². The lowest BCUT2D eigenvalue weighted by Gasteiger charge is -2.27. The summed E-state index contributed by atoms with van der Waals surface area (Å²) < 4.78 is 27.9. The predicted octanol–water partition coefficient (Wildman–Crippen LogP) is 3.78. The van der Waals surface area contributed by atoms with Gasteiger partial charge in [0.15, 0.2) is 0 Å². The van der Waals surface area contributed by atoms with Crippen LogP contribution in [0.25, 0.3) is 0 Å². The number of hydrogen-bond acceptors (Lipinski definition) is 3. The average Bonchev–Trinajstić information content (AvgIpc) is 2.53. The first kappa shape index (κ1) is 16.1. The van der Waals surface area contributed by atoms with Crippen molar-refractivity contribution in [1.82, 2.24) is 4.72 Å². The molecule has 0 saturated heterocycles. The summed E-state index contributed by atoms with van der Waals surface area (Å²) in [5.41, 5.74) is 0.0901. The molecular weight excluding hydrogens is 334 g/mol. The quantitative estimate of drug-likeness (QED) is 0.894. The smallest absolute Gasteiger partial charge is 0.211 e. The number of nitrogens with one attached hydrogen (secondary N) is 1. The Morgan fingerprint density at radius 1 is 1.44 bits per heavy atom. The van der Waals surface area contributed by atoms with Crippen LogP contribution in [0.1, 0.15) is 32.6 Å². The fourth-order valence-electron chi connectivity index (χ4n) is 1.32. The van der Waals surface area contributed by atoms with Crippen LogP contribution in [0.2, 0.25) is 0 Å². The minimum absolute atomic E-state index is 0.0901. The molecule has 1 N–H and O–H groups in total. The molecule has 0 spiro atoms. The van der Waals surface area contributed by atoms with Gasteiger partial charge in [-0.05, 0) is 40.3 Å². The molecule has 1 aromatic rings. The Bertz CT molecular complexity index is 515. The third kappa shape index (κ3) is 4.05. The van der Waals surface area contributed by atoms with Gasteiger partial charge >= 0.3 is 0 Å². The maximum Gasteiger partial charge on any atom is 0.241 e. The molecule has 18 heavy (non-hydrogen) atoms. The van der Waals surface area contributed by atoms with Crippen molar-refractivity contribution in [1.29, 1.82) is 0 Å². The predicted molar refractivity (Wildman–Crippen MR) is 80.6 cm³/mol. The zero-order valence-electron chi connectivity index (χ0n) is 11.4. The van der Waals surface area contributed by atoms with Crippen molar-refractivity contribution in [2.75, 3.05) is 6.54 Å². The monoisotopic (exact) mass is 353 g/mol. The van der Waals surface area contributed by atoms with Crippen molar-refractivity contribution in [2.45, 2.75) is 39.5 Å². The molecule has 0 aliphatic carbocycles. The molecule has 0 aromatic carbocycles. The lowest BCUT2D eigenvalue weighted by Crippen LogP contribution is -2.33. The molecule has 0 amide bonds. The summed E-state index contributed by atoms with van der Waals surface area (Å²) in [6.45, 7) is 10.7. The molecule has 104 valence electrons. The summed E-state index contributed by atoms with van der Waals surface area (Å²) in [6.07, 6.45) is 0. The molecule has 6 heteroatoms. The second kappa shape index (κ2) is 5.61. The van der Waals surface area contributed by atoms with Crippen molar-refractivity contribution in [3.63, 3.8) is 0 Å². The van der Waals surface area contributed by atoms with Gasteiger partial charge in [0.2, 0.25) is 10.0 Å². The van der Waals surface area contributed by atoms with Gasteiger partial charge in [-0.25, -0.2) is 13.1 Å². The Hall–Kier alpha value is 0.0900. The van der Waals surface area contributed by atoms with Gasteiger partial charge in [-0.3, -0.25) is 0 Å². The summed E-state index contributed by atoms with van der Waals surface area (Å²) in [7, 11) is -3.40. The number of halogens is 1. The molecule has 1 heterocycles.